The lowest BCUT2D eigenvalue weighted by Gasteiger charge is -2.29. The second-order valence-electron chi connectivity index (χ2n) is 5.04. The number of thioether (sulfide) groups is 1. The fourth-order valence-corrected chi connectivity index (χ4v) is 3.50. The molecule has 1 aromatic carbocycles. The third-order valence-corrected chi connectivity index (χ3v) is 4.90. The molecule has 1 aliphatic heterocycles. The standard InChI is InChI=1S/C15H19N3OS/c1-11(18(2)14-7-8-20-10-14)15(19)17-13-5-3-12(9-16)4-6-13/h3-6,11,14H,7-8,10H2,1-2H3,(H,17,19). The third-order valence-electron chi connectivity index (χ3n) is 3.75. The summed E-state index contributed by atoms with van der Waals surface area (Å²) in [6, 6.07) is 9.32. The SMILES string of the molecule is CC(C(=O)Nc1ccc(C#N)cc1)N(C)C1CCSC1. The van der Waals surface area contributed by atoms with Gasteiger partial charge in [-0.25, -0.2) is 0 Å². The van der Waals surface area contributed by atoms with Gasteiger partial charge in [0, 0.05) is 17.5 Å². The van der Waals surface area contributed by atoms with Gasteiger partial charge in [0.25, 0.3) is 0 Å². The van der Waals surface area contributed by atoms with Gasteiger partial charge >= 0.3 is 0 Å². The molecule has 1 saturated heterocycles. The van der Waals surface area contributed by atoms with Crippen LogP contribution in [-0.4, -0.2) is 41.4 Å². The quantitative estimate of drug-likeness (QED) is 0.924. The highest BCUT2D eigenvalue weighted by Gasteiger charge is 2.27. The molecule has 5 heteroatoms. The normalized spacial score (nSPS) is 19.6. The molecule has 1 aromatic rings. The zero-order chi connectivity index (χ0) is 14.5. The lowest BCUT2D eigenvalue weighted by molar-refractivity contribution is -0.120. The number of benzene rings is 1. The summed E-state index contributed by atoms with van der Waals surface area (Å²) < 4.78 is 0. The maximum Gasteiger partial charge on any atom is 0.241 e. The second kappa shape index (κ2) is 6.78. The smallest absolute Gasteiger partial charge is 0.241 e. The Kier molecular flexibility index (Phi) is 5.05. The third kappa shape index (κ3) is 3.53. The van der Waals surface area contributed by atoms with Crippen LogP contribution in [0.3, 0.4) is 0 Å². The van der Waals surface area contributed by atoms with Gasteiger partial charge in [-0.1, -0.05) is 0 Å². The molecule has 1 N–H and O–H groups in total. The van der Waals surface area contributed by atoms with Gasteiger partial charge in [0.1, 0.15) is 0 Å². The first kappa shape index (κ1) is 14.9. The van der Waals surface area contributed by atoms with Crippen LogP contribution in [-0.2, 0) is 4.79 Å². The van der Waals surface area contributed by atoms with Crippen LogP contribution >= 0.6 is 11.8 Å². The minimum Gasteiger partial charge on any atom is -0.325 e. The number of nitrogens with one attached hydrogen (secondary N) is 1. The van der Waals surface area contributed by atoms with Gasteiger partial charge in [0.2, 0.25) is 5.91 Å². The number of rotatable bonds is 4. The molecule has 0 saturated carbocycles. The summed E-state index contributed by atoms with van der Waals surface area (Å²) in [5, 5.41) is 11.6. The molecule has 0 radical (unpaired) electrons. The Morgan fingerprint density at radius 2 is 2.20 bits per heavy atom. The number of carbonyl (C=O) groups excluding carboxylic acids is 1. The van der Waals surface area contributed by atoms with Crippen molar-refractivity contribution >= 4 is 23.4 Å². The minimum atomic E-state index is -0.158. The van der Waals surface area contributed by atoms with Crippen LogP contribution in [0.4, 0.5) is 5.69 Å². The van der Waals surface area contributed by atoms with Crippen LogP contribution in [0.25, 0.3) is 0 Å². The molecule has 1 amide bonds. The zero-order valence-electron chi connectivity index (χ0n) is 11.8. The summed E-state index contributed by atoms with van der Waals surface area (Å²) in [7, 11) is 2.01. The van der Waals surface area contributed by atoms with Crippen LogP contribution in [0, 0.1) is 11.3 Å². The van der Waals surface area contributed by atoms with Gasteiger partial charge in [-0.15, -0.1) is 0 Å². The van der Waals surface area contributed by atoms with Crippen LogP contribution in [0.5, 0.6) is 0 Å². The predicted octanol–water partition coefficient (Wildman–Crippen LogP) is 2.32. The van der Waals surface area contributed by atoms with Crippen LogP contribution in [0.2, 0.25) is 0 Å². The number of hydrogen-bond donors (Lipinski definition) is 1. The van der Waals surface area contributed by atoms with E-state index in [1.54, 1.807) is 24.3 Å². The Labute approximate surface area is 124 Å². The monoisotopic (exact) mass is 289 g/mol. The van der Waals surface area contributed by atoms with Crippen molar-refractivity contribution in [3.63, 3.8) is 0 Å². The Morgan fingerprint density at radius 1 is 1.50 bits per heavy atom. The number of nitriles is 1. The number of anilines is 1. The van der Waals surface area contributed by atoms with Crippen LogP contribution < -0.4 is 5.32 Å². The van der Waals surface area contributed by atoms with Crippen molar-refractivity contribution < 1.29 is 4.79 Å². The van der Waals surface area contributed by atoms with E-state index in [4.69, 9.17) is 5.26 Å². The van der Waals surface area contributed by atoms with Gasteiger partial charge in [0.05, 0.1) is 17.7 Å². The summed E-state index contributed by atoms with van der Waals surface area (Å²) in [5.41, 5.74) is 1.33. The van der Waals surface area contributed by atoms with E-state index in [0.29, 0.717) is 11.6 Å². The van der Waals surface area contributed by atoms with Gasteiger partial charge in [-0.2, -0.15) is 17.0 Å². The maximum absolute atomic E-state index is 12.2. The Balaban J connectivity index is 1.94. The number of amides is 1. The molecule has 1 aliphatic rings. The molecule has 1 heterocycles. The first-order valence-corrected chi connectivity index (χ1v) is 7.88. The summed E-state index contributed by atoms with van der Waals surface area (Å²) in [6.07, 6.45) is 1.15. The highest BCUT2D eigenvalue weighted by atomic mass is 32.2. The number of nitrogens with zero attached hydrogens (tertiary/aromatic N) is 2. The van der Waals surface area contributed by atoms with Gasteiger partial charge in [-0.05, 0) is 50.4 Å². The summed E-state index contributed by atoms with van der Waals surface area (Å²) in [5.74, 6) is 2.28. The Hall–Kier alpha value is -1.51. The fraction of sp³-hybridized carbons (Fsp3) is 0.467. The highest BCUT2D eigenvalue weighted by Crippen LogP contribution is 2.23. The van der Waals surface area contributed by atoms with Crippen LogP contribution in [0.1, 0.15) is 18.9 Å². The molecule has 0 bridgehead atoms. The number of carbonyl (C=O) groups is 1. The van der Waals surface area contributed by atoms with Gasteiger partial charge in [-0.3, -0.25) is 9.69 Å². The van der Waals surface area contributed by atoms with E-state index in [0.717, 1.165) is 17.9 Å². The molecular formula is C15H19N3OS. The largest absolute Gasteiger partial charge is 0.325 e. The number of hydrogen-bond acceptors (Lipinski definition) is 4. The first-order chi connectivity index (χ1) is 9.61. The average molecular weight is 289 g/mol. The first-order valence-electron chi connectivity index (χ1n) is 6.72. The van der Waals surface area contributed by atoms with Crippen molar-refractivity contribution in [2.75, 3.05) is 23.9 Å². The molecule has 20 heavy (non-hydrogen) atoms. The molecule has 0 aromatic heterocycles. The van der Waals surface area contributed by atoms with Crippen molar-refractivity contribution in [3.05, 3.63) is 29.8 Å². The maximum atomic E-state index is 12.2. The van der Waals surface area contributed by atoms with E-state index in [-0.39, 0.29) is 11.9 Å². The van der Waals surface area contributed by atoms with Crippen LogP contribution in [0.15, 0.2) is 24.3 Å². The van der Waals surface area contributed by atoms with Gasteiger partial charge < -0.3 is 5.32 Å². The van der Waals surface area contributed by atoms with Crippen molar-refractivity contribution in [3.8, 4) is 6.07 Å². The topological polar surface area (TPSA) is 56.1 Å². The highest BCUT2D eigenvalue weighted by molar-refractivity contribution is 7.99. The predicted molar refractivity (Wildman–Crippen MR) is 82.7 cm³/mol. The summed E-state index contributed by atoms with van der Waals surface area (Å²) >= 11 is 1.94. The van der Waals surface area contributed by atoms with Crippen molar-refractivity contribution in [1.29, 1.82) is 5.26 Å². The second-order valence-corrected chi connectivity index (χ2v) is 6.19. The number of likely N-dealkylation sites (N-methyl/N-ethyl adjacent to an activating group) is 1. The van der Waals surface area contributed by atoms with E-state index in [9.17, 15) is 4.79 Å². The van der Waals surface area contributed by atoms with Crippen molar-refractivity contribution in [2.45, 2.75) is 25.4 Å². The molecule has 106 valence electrons. The lowest BCUT2D eigenvalue weighted by Crippen LogP contribution is -2.45. The van der Waals surface area contributed by atoms with E-state index >= 15 is 0 Å². The lowest BCUT2D eigenvalue weighted by atomic mass is 10.1. The molecule has 0 spiro atoms. The van der Waals surface area contributed by atoms with E-state index in [2.05, 4.69) is 16.3 Å². The molecule has 0 aliphatic carbocycles. The van der Waals surface area contributed by atoms with E-state index < -0.39 is 0 Å². The molecule has 2 atom stereocenters. The molecular weight excluding hydrogens is 270 g/mol. The van der Waals surface area contributed by atoms with E-state index in [1.165, 1.54) is 5.75 Å². The fourth-order valence-electron chi connectivity index (χ4n) is 2.22. The molecule has 1 fully saturated rings. The average Bonchev–Trinajstić information content (AvgIpc) is 3.00. The Morgan fingerprint density at radius 3 is 2.75 bits per heavy atom. The summed E-state index contributed by atoms with van der Waals surface area (Å²) in [4.78, 5) is 14.4. The minimum absolute atomic E-state index is 0.00546. The Bertz CT molecular complexity index is 503. The van der Waals surface area contributed by atoms with Gasteiger partial charge in [0.15, 0.2) is 0 Å². The summed E-state index contributed by atoms with van der Waals surface area (Å²) in [6.45, 7) is 1.93. The molecule has 2 unspecified atom stereocenters. The molecule has 2 rings (SSSR count). The van der Waals surface area contributed by atoms with Crippen molar-refractivity contribution in [1.82, 2.24) is 4.90 Å². The molecule has 4 nitrogen and oxygen atoms in total. The zero-order valence-corrected chi connectivity index (χ0v) is 12.6. The van der Waals surface area contributed by atoms with Crippen molar-refractivity contribution in [2.24, 2.45) is 0 Å². The van der Waals surface area contributed by atoms with E-state index in [1.807, 2.05) is 25.7 Å².